The van der Waals surface area contributed by atoms with Crippen LogP contribution >= 0.6 is 11.6 Å². The molecule has 1 amide bonds. The van der Waals surface area contributed by atoms with Gasteiger partial charge in [-0.2, -0.15) is 0 Å². The quantitative estimate of drug-likeness (QED) is 0.592. The summed E-state index contributed by atoms with van der Waals surface area (Å²) in [6, 6.07) is 7.90. The predicted molar refractivity (Wildman–Crippen MR) is 78.1 cm³/mol. The summed E-state index contributed by atoms with van der Waals surface area (Å²) in [5.74, 6) is 0.120. The second-order valence-corrected chi connectivity index (χ2v) is 11.0. The van der Waals surface area contributed by atoms with E-state index in [1.807, 2.05) is 24.3 Å². The molecule has 1 aliphatic heterocycles. The Morgan fingerprint density at radius 2 is 1.83 bits per heavy atom. The first-order valence-electron chi connectivity index (χ1n) is 6.07. The molecule has 1 aromatic carbocycles. The van der Waals surface area contributed by atoms with Gasteiger partial charge >= 0.3 is 0 Å². The molecule has 1 heterocycles. The standard InChI is InChI=1S/C14H18ClNOSi/c1-10-9-13(11-5-7-12(15)8-6-11)16(14(10)17)18(2,3)4/h5-8,13H,1,9H2,2-4H3. The van der Waals surface area contributed by atoms with Gasteiger partial charge in [-0.25, -0.2) is 0 Å². The van der Waals surface area contributed by atoms with Gasteiger partial charge in [0, 0.05) is 17.0 Å². The van der Waals surface area contributed by atoms with E-state index in [4.69, 9.17) is 11.6 Å². The molecule has 1 saturated heterocycles. The Labute approximate surface area is 114 Å². The first kappa shape index (κ1) is 13.4. The van der Waals surface area contributed by atoms with Crippen molar-refractivity contribution in [1.82, 2.24) is 4.57 Å². The lowest BCUT2D eigenvalue weighted by Gasteiger charge is -2.35. The minimum absolute atomic E-state index is 0.120. The zero-order chi connectivity index (χ0) is 13.5. The van der Waals surface area contributed by atoms with E-state index in [-0.39, 0.29) is 11.9 Å². The maximum Gasteiger partial charge on any atom is 0.241 e. The van der Waals surface area contributed by atoms with Crippen molar-refractivity contribution in [3.63, 3.8) is 0 Å². The molecule has 0 N–H and O–H groups in total. The number of rotatable bonds is 2. The van der Waals surface area contributed by atoms with Gasteiger partial charge in [0.05, 0.1) is 6.04 Å². The number of hydrogen-bond acceptors (Lipinski definition) is 1. The Bertz CT molecular complexity index is 490. The largest absolute Gasteiger partial charge is 0.359 e. The molecule has 18 heavy (non-hydrogen) atoms. The highest BCUT2D eigenvalue weighted by Crippen LogP contribution is 2.39. The van der Waals surface area contributed by atoms with Crippen LogP contribution < -0.4 is 0 Å². The number of nitrogens with zero attached hydrogens (tertiary/aromatic N) is 1. The molecule has 96 valence electrons. The molecule has 0 radical (unpaired) electrons. The van der Waals surface area contributed by atoms with Crippen LogP contribution in [0, 0.1) is 0 Å². The van der Waals surface area contributed by atoms with Gasteiger partial charge in [-0.15, -0.1) is 0 Å². The average molecular weight is 280 g/mol. The van der Waals surface area contributed by atoms with Crippen molar-refractivity contribution in [2.75, 3.05) is 0 Å². The molecule has 0 saturated carbocycles. The minimum Gasteiger partial charge on any atom is -0.359 e. The molecule has 1 aliphatic rings. The van der Waals surface area contributed by atoms with Crippen molar-refractivity contribution in [3.05, 3.63) is 47.0 Å². The third-order valence-corrected chi connectivity index (χ3v) is 5.46. The summed E-state index contributed by atoms with van der Waals surface area (Å²) in [4.78, 5) is 12.2. The summed E-state index contributed by atoms with van der Waals surface area (Å²) >= 11 is 5.91. The summed E-state index contributed by atoms with van der Waals surface area (Å²) < 4.78 is 2.05. The molecule has 1 fully saturated rings. The van der Waals surface area contributed by atoms with Gasteiger partial charge in [0.15, 0.2) is 8.24 Å². The number of carbonyl (C=O) groups is 1. The molecule has 2 nitrogen and oxygen atoms in total. The molecule has 0 spiro atoms. The third-order valence-electron chi connectivity index (χ3n) is 3.25. The van der Waals surface area contributed by atoms with Crippen LogP contribution in [0.25, 0.3) is 0 Å². The van der Waals surface area contributed by atoms with E-state index in [0.29, 0.717) is 0 Å². The van der Waals surface area contributed by atoms with Crippen molar-refractivity contribution >= 4 is 25.7 Å². The second kappa shape index (κ2) is 4.56. The SMILES string of the molecule is C=C1CC(c2ccc(Cl)cc2)N([Si](C)(C)C)C1=O. The van der Waals surface area contributed by atoms with E-state index in [2.05, 4.69) is 30.8 Å². The Morgan fingerprint density at radius 3 is 2.33 bits per heavy atom. The fourth-order valence-corrected chi connectivity index (χ4v) is 4.52. The lowest BCUT2D eigenvalue weighted by Crippen LogP contribution is -2.48. The first-order chi connectivity index (χ1) is 8.30. The van der Waals surface area contributed by atoms with Crippen LogP contribution in [0.1, 0.15) is 18.0 Å². The molecule has 2 rings (SSSR count). The van der Waals surface area contributed by atoms with Crippen LogP contribution in [0.15, 0.2) is 36.4 Å². The van der Waals surface area contributed by atoms with Crippen LogP contribution in [0.3, 0.4) is 0 Å². The van der Waals surface area contributed by atoms with Crippen molar-refractivity contribution in [3.8, 4) is 0 Å². The van der Waals surface area contributed by atoms with Crippen LogP contribution in [-0.4, -0.2) is 18.7 Å². The van der Waals surface area contributed by atoms with Gasteiger partial charge in [-0.3, -0.25) is 4.79 Å². The maximum atomic E-state index is 12.2. The molecule has 0 bridgehead atoms. The number of benzene rings is 1. The molecular formula is C14H18ClNOSi. The molecule has 0 aliphatic carbocycles. The topological polar surface area (TPSA) is 20.3 Å². The van der Waals surface area contributed by atoms with Crippen molar-refractivity contribution in [2.24, 2.45) is 0 Å². The molecular weight excluding hydrogens is 262 g/mol. The van der Waals surface area contributed by atoms with Crippen LogP contribution in [0.5, 0.6) is 0 Å². The van der Waals surface area contributed by atoms with Crippen LogP contribution in [0.4, 0.5) is 0 Å². The van der Waals surface area contributed by atoms with Crippen LogP contribution in [0.2, 0.25) is 24.7 Å². The minimum atomic E-state index is -1.70. The fourth-order valence-electron chi connectivity index (χ4n) is 2.45. The highest BCUT2D eigenvalue weighted by atomic mass is 35.5. The summed E-state index contributed by atoms with van der Waals surface area (Å²) in [5, 5.41) is 0.724. The summed E-state index contributed by atoms with van der Waals surface area (Å²) in [5.41, 5.74) is 1.87. The molecule has 0 aromatic heterocycles. The predicted octanol–water partition coefficient (Wildman–Crippen LogP) is 4.00. The average Bonchev–Trinajstić information content (AvgIpc) is 2.56. The van der Waals surface area contributed by atoms with Gasteiger partial charge in [0.25, 0.3) is 0 Å². The highest BCUT2D eigenvalue weighted by Gasteiger charge is 2.41. The van der Waals surface area contributed by atoms with Gasteiger partial charge in [0.2, 0.25) is 5.91 Å². The first-order valence-corrected chi connectivity index (χ1v) is 9.90. The van der Waals surface area contributed by atoms with E-state index >= 15 is 0 Å². The monoisotopic (exact) mass is 279 g/mol. The Balaban J connectivity index is 2.40. The van der Waals surface area contributed by atoms with Gasteiger partial charge in [-0.05, 0) is 17.7 Å². The van der Waals surface area contributed by atoms with Crippen molar-refractivity contribution in [1.29, 1.82) is 0 Å². The Morgan fingerprint density at radius 1 is 1.28 bits per heavy atom. The highest BCUT2D eigenvalue weighted by molar-refractivity contribution is 6.76. The molecule has 4 heteroatoms. The number of amides is 1. The zero-order valence-corrected chi connectivity index (χ0v) is 12.8. The summed E-state index contributed by atoms with van der Waals surface area (Å²) in [6.45, 7) is 10.5. The summed E-state index contributed by atoms with van der Waals surface area (Å²) in [6.07, 6.45) is 0.727. The van der Waals surface area contributed by atoms with E-state index in [1.165, 1.54) is 0 Å². The van der Waals surface area contributed by atoms with E-state index in [9.17, 15) is 4.79 Å². The van der Waals surface area contributed by atoms with E-state index in [1.54, 1.807) is 0 Å². The smallest absolute Gasteiger partial charge is 0.241 e. The molecule has 1 aromatic rings. The zero-order valence-electron chi connectivity index (χ0n) is 11.0. The van der Waals surface area contributed by atoms with Gasteiger partial charge in [-0.1, -0.05) is 50.0 Å². The summed E-state index contributed by atoms with van der Waals surface area (Å²) in [7, 11) is -1.70. The lowest BCUT2D eigenvalue weighted by molar-refractivity contribution is -0.122. The third kappa shape index (κ3) is 2.38. The fraction of sp³-hybridized carbons (Fsp3) is 0.357. The van der Waals surface area contributed by atoms with E-state index in [0.717, 1.165) is 22.6 Å². The number of halogens is 1. The van der Waals surface area contributed by atoms with Gasteiger partial charge in [0.1, 0.15) is 0 Å². The van der Waals surface area contributed by atoms with Gasteiger partial charge < -0.3 is 4.57 Å². The van der Waals surface area contributed by atoms with Crippen molar-refractivity contribution < 1.29 is 4.79 Å². The van der Waals surface area contributed by atoms with Crippen LogP contribution in [-0.2, 0) is 4.79 Å². The van der Waals surface area contributed by atoms with Crippen molar-refractivity contribution in [2.45, 2.75) is 32.1 Å². The Kier molecular flexibility index (Phi) is 3.38. The molecule has 1 unspecified atom stereocenters. The Hall–Kier alpha value is -1.06. The molecule has 1 atom stereocenters. The normalized spacial score (nSPS) is 20.7. The second-order valence-electron chi connectivity index (χ2n) is 5.72. The van der Waals surface area contributed by atoms with E-state index < -0.39 is 8.24 Å². The maximum absolute atomic E-state index is 12.2. The number of carbonyl (C=O) groups excluding carboxylic acids is 1. The number of hydrogen-bond donors (Lipinski definition) is 0. The lowest BCUT2D eigenvalue weighted by atomic mass is 10.0.